The number of aliphatic imine (C=N–C) groups is 1. The minimum atomic E-state index is -0.239. The molecule has 0 saturated carbocycles. The van der Waals surface area contributed by atoms with Crippen molar-refractivity contribution >= 4 is 40.5 Å². The van der Waals surface area contributed by atoms with E-state index in [1.54, 1.807) is 11.0 Å². The Morgan fingerprint density at radius 1 is 1.22 bits per heavy atom. The van der Waals surface area contributed by atoms with Gasteiger partial charge in [0.05, 0.1) is 11.4 Å². The minimum Gasteiger partial charge on any atom is -0.454 e. The van der Waals surface area contributed by atoms with Gasteiger partial charge in [0.15, 0.2) is 16.7 Å². The average Bonchev–Trinajstić information content (AvgIpc) is 3.37. The van der Waals surface area contributed by atoms with Crippen molar-refractivity contribution in [2.24, 2.45) is 4.99 Å². The third-order valence-corrected chi connectivity index (χ3v) is 6.11. The Morgan fingerprint density at radius 2 is 1.97 bits per heavy atom. The molecule has 0 bridgehead atoms. The third-order valence-electron chi connectivity index (χ3n) is 5.17. The maximum Gasteiger partial charge on any atom is 0.283 e. The first-order chi connectivity index (χ1) is 15.4. The van der Waals surface area contributed by atoms with Gasteiger partial charge in [-0.3, -0.25) is 14.5 Å². The Labute approximate surface area is 191 Å². The zero-order chi connectivity index (χ0) is 22.7. The van der Waals surface area contributed by atoms with Crippen molar-refractivity contribution < 1.29 is 19.1 Å². The van der Waals surface area contributed by atoms with Crippen LogP contribution in [0.1, 0.15) is 31.4 Å². The van der Waals surface area contributed by atoms with Crippen LogP contribution >= 0.6 is 11.8 Å². The predicted molar refractivity (Wildman–Crippen MR) is 127 cm³/mol. The van der Waals surface area contributed by atoms with Crippen molar-refractivity contribution in [2.45, 2.75) is 33.2 Å². The Balaban J connectivity index is 1.60. The van der Waals surface area contributed by atoms with Crippen LogP contribution in [0, 0.1) is 6.92 Å². The summed E-state index contributed by atoms with van der Waals surface area (Å²) in [6.45, 7) is 6.16. The summed E-state index contributed by atoms with van der Waals surface area (Å²) in [6, 6.07) is 13.2. The first-order valence-electron chi connectivity index (χ1n) is 10.5. The largest absolute Gasteiger partial charge is 0.454 e. The molecule has 0 spiro atoms. The SMILES string of the molecule is CC[C@H](C)NC(=O)CSC1=N/C(=C\c2ccc3c(c2)OCO3)C(=O)N1c1ccc(C)cc1. The van der Waals surface area contributed by atoms with Gasteiger partial charge in [0.1, 0.15) is 5.70 Å². The predicted octanol–water partition coefficient (Wildman–Crippen LogP) is 4.12. The summed E-state index contributed by atoms with van der Waals surface area (Å²) in [5.41, 5.74) is 2.89. The average molecular weight is 452 g/mol. The number of benzene rings is 2. The highest BCUT2D eigenvalue weighted by Crippen LogP contribution is 2.34. The number of hydrogen-bond acceptors (Lipinski definition) is 6. The lowest BCUT2D eigenvalue weighted by Crippen LogP contribution is -2.35. The van der Waals surface area contributed by atoms with E-state index < -0.39 is 0 Å². The van der Waals surface area contributed by atoms with Crippen molar-refractivity contribution in [3.8, 4) is 11.5 Å². The molecular weight excluding hydrogens is 426 g/mol. The fourth-order valence-electron chi connectivity index (χ4n) is 3.22. The molecule has 8 heteroatoms. The highest BCUT2D eigenvalue weighted by atomic mass is 32.2. The van der Waals surface area contributed by atoms with E-state index >= 15 is 0 Å². The standard InChI is InChI=1S/C24H25N3O4S/c1-4-16(3)25-22(28)13-32-24-26-19(11-17-7-10-20-21(12-17)31-14-30-20)23(29)27(24)18-8-5-15(2)6-9-18/h5-12,16H,4,13-14H2,1-3H3,(H,25,28)/b19-11-/t16-/m0/s1. The van der Waals surface area contributed by atoms with E-state index in [4.69, 9.17) is 9.47 Å². The van der Waals surface area contributed by atoms with Crippen LogP contribution in [0.5, 0.6) is 11.5 Å². The number of fused-ring (bicyclic) bond motifs is 1. The number of hydrogen-bond donors (Lipinski definition) is 1. The number of carbonyl (C=O) groups excluding carboxylic acids is 2. The van der Waals surface area contributed by atoms with Crippen LogP contribution in [-0.2, 0) is 9.59 Å². The van der Waals surface area contributed by atoms with Crippen molar-refractivity contribution in [1.29, 1.82) is 0 Å². The van der Waals surface area contributed by atoms with E-state index in [2.05, 4.69) is 10.3 Å². The smallest absolute Gasteiger partial charge is 0.283 e. The number of carbonyl (C=O) groups is 2. The van der Waals surface area contributed by atoms with Gasteiger partial charge in [0.2, 0.25) is 12.7 Å². The van der Waals surface area contributed by atoms with Crippen LogP contribution in [0.4, 0.5) is 5.69 Å². The van der Waals surface area contributed by atoms with Gasteiger partial charge in [-0.05, 0) is 56.2 Å². The molecule has 166 valence electrons. The van der Waals surface area contributed by atoms with Gasteiger partial charge in [-0.15, -0.1) is 0 Å². The molecule has 32 heavy (non-hydrogen) atoms. The molecule has 1 atom stereocenters. The molecule has 0 unspecified atom stereocenters. The van der Waals surface area contributed by atoms with Crippen LogP contribution in [0.15, 0.2) is 53.2 Å². The number of rotatable bonds is 6. The first-order valence-corrected chi connectivity index (χ1v) is 11.5. The summed E-state index contributed by atoms with van der Waals surface area (Å²) < 4.78 is 10.8. The molecule has 2 heterocycles. The molecule has 4 rings (SSSR count). The van der Waals surface area contributed by atoms with E-state index in [1.165, 1.54) is 11.8 Å². The highest BCUT2D eigenvalue weighted by molar-refractivity contribution is 8.14. The lowest BCUT2D eigenvalue weighted by Gasteiger charge is -2.18. The summed E-state index contributed by atoms with van der Waals surface area (Å²) in [5.74, 6) is 1.17. The van der Waals surface area contributed by atoms with E-state index in [1.807, 2.05) is 63.2 Å². The van der Waals surface area contributed by atoms with Gasteiger partial charge in [-0.2, -0.15) is 0 Å². The molecule has 0 aromatic heterocycles. The van der Waals surface area contributed by atoms with Gasteiger partial charge < -0.3 is 14.8 Å². The lowest BCUT2D eigenvalue weighted by atomic mass is 10.1. The van der Waals surface area contributed by atoms with E-state index in [0.717, 1.165) is 17.5 Å². The monoisotopic (exact) mass is 451 g/mol. The molecule has 2 aliphatic heterocycles. The minimum absolute atomic E-state index is 0.0865. The number of ether oxygens (including phenoxy) is 2. The topological polar surface area (TPSA) is 80.2 Å². The normalized spacial score (nSPS) is 17.0. The van der Waals surface area contributed by atoms with E-state index in [9.17, 15) is 9.59 Å². The van der Waals surface area contributed by atoms with Crippen LogP contribution in [-0.4, -0.2) is 35.6 Å². The Kier molecular flexibility index (Phi) is 6.50. The lowest BCUT2D eigenvalue weighted by molar-refractivity contribution is -0.119. The van der Waals surface area contributed by atoms with Gasteiger partial charge in [0, 0.05) is 6.04 Å². The summed E-state index contributed by atoms with van der Waals surface area (Å²) in [5, 5.41) is 3.42. The molecule has 0 fully saturated rings. The number of amides is 2. The van der Waals surface area contributed by atoms with E-state index in [0.29, 0.717) is 28.1 Å². The molecule has 2 aromatic carbocycles. The number of nitrogens with zero attached hydrogens (tertiary/aromatic N) is 2. The summed E-state index contributed by atoms with van der Waals surface area (Å²) >= 11 is 1.25. The second-order valence-corrected chi connectivity index (χ2v) is 8.62. The maximum atomic E-state index is 13.3. The van der Waals surface area contributed by atoms with E-state index in [-0.39, 0.29) is 30.4 Å². The Bertz CT molecular complexity index is 1090. The molecule has 2 aromatic rings. The molecule has 0 saturated heterocycles. The van der Waals surface area contributed by atoms with Crippen molar-refractivity contribution in [2.75, 3.05) is 17.4 Å². The fourth-order valence-corrected chi connectivity index (χ4v) is 4.05. The quantitative estimate of drug-likeness (QED) is 0.669. The molecular formula is C24H25N3O4S. The van der Waals surface area contributed by atoms with Gasteiger partial charge in [0.25, 0.3) is 5.91 Å². The van der Waals surface area contributed by atoms with Crippen LogP contribution in [0.2, 0.25) is 0 Å². The van der Waals surface area contributed by atoms with Crippen molar-refractivity contribution in [3.05, 3.63) is 59.3 Å². The maximum absolute atomic E-state index is 13.3. The second-order valence-electron chi connectivity index (χ2n) is 7.68. The number of anilines is 1. The zero-order valence-corrected chi connectivity index (χ0v) is 19.1. The third kappa shape index (κ3) is 4.80. The van der Waals surface area contributed by atoms with Gasteiger partial charge in [-0.25, -0.2) is 4.99 Å². The van der Waals surface area contributed by atoms with Crippen molar-refractivity contribution in [3.63, 3.8) is 0 Å². The summed E-state index contributed by atoms with van der Waals surface area (Å²) in [4.78, 5) is 31.7. The molecule has 1 N–H and O–H groups in total. The van der Waals surface area contributed by atoms with Gasteiger partial charge >= 0.3 is 0 Å². The number of aryl methyl sites for hydroxylation is 1. The molecule has 7 nitrogen and oxygen atoms in total. The second kappa shape index (κ2) is 9.48. The molecule has 2 aliphatic rings. The summed E-state index contributed by atoms with van der Waals surface area (Å²) in [6.07, 6.45) is 2.58. The van der Waals surface area contributed by atoms with Crippen LogP contribution < -0.4 is 19.7 Å². The Morgan fingerprint density at radius 3 is 2.72 bits per heavy atom. The van der Waals surface area contributed by atoms with Crippen LogP contribution in [0.3, 0.4) is 0 Å². The molecule has 0 aliphatic carbocycles. The van der Waals surface area contributed by atoms with Crippen LogP contribution in [0.25, 0.3) is 6.08 Å². The fraction of sp³-hybridized carbons (Fsp3) is 0.292. The van der Waals surface area contributed by atoms with Gasteiger partial charge in [-0.1, -0.05) is 42.4 Å². The molecule has 0 radical (unpaired) electrons. The summed E-state index contributed by atoms with van der Waals surface area (Å²) in [7, 11) is 0. The number of amidine groups is 1. The first kappa shape index (κ1) is 22.0. The molecule has 2 amide bonds. The highest BCUT2D eigenvalue weighted by Gasteiger charge is 2.32. The zero-order valence-electron chi connectivity index (χ0n) is 18.3. The Hall–Kier alpha value is -3.26. The van der Waals surface area contributed by atoms with Crippen molar-refractivity contribution in [1.82, 2.24) is 5.32 Å². The number of nitrogens with one attached hydrogen (secondary N) is 1. The number of thioether (sulfide) groups is 1.